The van der Waals surface area contributed by atoms with Gasteiger partial charge in [0.05, 0.1) is 12.8 Å². The van der Waals surface area contributed by atoms with Gasteiger partial charge >= 0.3 is 11.9 Å². The van der Waals surface area contributed by atoms with Crippen molar-refractivity contribution in [2.75, 3.05) is 19.4 Å². The minimum Gasteiger partial charge on any atom is -0.481 e. The van der Waals surface area contributed by atoms with Crippen LogP contribution in [0.5, 0.6) is 0 Å². The smallest absolute Gasteiger partial charge is 0.303 e. The van der Waals surface area contributed by atoms with Crippen LogP contribution in [0.15, 0.2) is 0 Å². The van der Waals surface area contributed by atoms with Crippen LogP contribution in [0, 0.1) is 0 Å². The largest absolute Gasteiger partial charge is 0.481 e. The highest BCUT2D eigenvalue weighted by Crippen LogP contribution is 2.36. The number of rotatable bonds is 7. The molecule has 0 radical (unpaired) electrons. The fourth-order valence-corrected chi connectivity index (χ4v) is 2.21. The number of hydrogen-bond acceptors (Lipinski definition) is 3. The van der Waals surface area contributed by atoms with E-state index in [-0.39, 0.29) is 12.8 Å². The monoisotopic (exact) mass is 208 g/mol. The van der Waals surface area contributed by atoms with Crippen molar-refractivity contribution in [3.05, 3.63) is 0 Å². The van der Waals surface area contributed by atoms with Gasteiger partial charge in [0.2, 0.25) is 0 Å². The van der Waals surface area contributed by atoms with Crippen LogP contribution in [0.3, 0.4) is 0 Å². The van der Waals surface area contributed by atoms with Crippen LogP contribution in [-0.2, 0) is 14.1 Å². The van der Waals surface area contributed by atoms with E-state index in [0.717, 1.165) is 0 Å². The third-order valence-corrected chi connectivity index (χ3v) is 3.37. The lowest BCUT2D eigenvalue weighted by Crippen LogP contribution is -2.03. The molecule has 13 heavy (non-hydrogen) atoms. The molecule has 6 heteroatoms. The number of hydrogen-bond donors (Lipinski definition) is 2. The van der Waals surface area contributed by atoms with E-state index in [4.69, 9.17) is 14.7 Å². The van der Waals surface area contributed by atoms with E-state index in [2.05, 4.69) is 0 Å². The van der Waals surface area contributed by atoms with E-state index in [1.54, 1.807) is 0 Å². The standard InChI is InChI=1S/C7H13O5P/c1-12-13(4-2-6(8)9)5-3-7(10)11/h2-5H2,1H3,(H,8,9)(H,10,11). The zero-order valence-electron chi connectivity index (χ0n) is 7.39. The van der Waals surface area contributed by atoms with Gasteiger partial charge in [-0.05, 0) is 0 Å². The van der Waals surface area contributed by atoms with E-state index >= 15 is 0 Å². The number of aliphatic carboxylic acids is 2. The molecule has 2 N–H and O–H groups in total. The van der Waals surface area contributed by atoms with Crippen molar-refractivity contribution in [3.8, 4) is 0 Å². The third kappa shape index (κ3) is 7.68. The predicted octanol–water partition coefficient (Wildman–Crippen LogP) is 0.979. The average Bonchev–Trinajstić information content (AvgIpc) is 2.04. The first-order chi connectivity index (χ1) is 6.06. The molecule has 0 aliphatic rings. The fourth-order valence-electron chi connectivity index (χ4n) is 0.735. The molecule has 0 rings (SSSR count). The quantitative estimate of drug-likeness (QED) is 0.609. The van der Waals surface area contributed by atoms with E-state index in [1.165, 1.54) is 7.11 Å². The summed E-state index contributed by atoms with van der Waals surface area (Å²) in [4.78, 5) is 20.4. The summed E-state index contributed by atoms with van der Waals surface area (Å²) >= 11 is 0. The lowest BCUT2D eigenvalue weighted by Gasteiger charge is -2.11. The summed E-state index contributed by atoms with van der Waals surface area (Å²) < 4.78 is 4.99. The van der Waals surface area contributed by atoms with Crippen molar-refractivity contribution in [2.45, 2.75) is 12.8 Å². The second-order valence-corrected chi connectivity index (χ2v) is 4.62. The van der Waals surface area contributed by atoms with Gasteiger partial charge in [-0.3, -0.25) is 9.59 Å². The molecule has 0 saturated carbocycles. The molecule has 0 fully saturated rings. The molecule has 0 aromatic rings. The normalized spacial score (nSPS) is 10.3. The summed E-state index contributed by atoms with van der Waals surface area (Å²) in [6.45, 7) is 0. The van der Waals surface area contributed by atoms with Gasteiger partial charge in [-0.1, -0.05) is 0 Å². The minimum absolute atomic E-state index is 0.0408. The molecule has 0 bridgehead atoms. The lowest BCUT2D eigenvalue weighted by atomic mass is 10.5. The highest BCUT2D eigenvalue weighted by molar-refractivity contribution is 7.52. The van der Waals surface area contributed by atoms with Crippen LogP contribution in [0.4, 0.5) is 0 Å². The second kappa shape index (κ2) is 6.80. The highest BCUT2D eigenvalue weighted by atomic mass is 31.1. The predicted molar refractivity (Wildman–Crippen MR) is 48.2 cm³/mol. The summed E-state index contributed by atoms with van der Waals surface area (Å²) in [5.41, 5.74) is 0. The SMILES string of the molecule is COP(CCC(=O)O)CCC(=O)O. The van der Waals surface area contributed by atoms with Gasteiger partial charge in [-0.2, -0.15) is 0 Å². The number of carboxylic acids is 2. The van der Waals surface area contributed by atoms with E-state index in [0.29, 0.717) is 12.3 Å². The number of carbonyl (C=O) groups is 2. The van der Waals surface area contributed by atoms with Crippen LogP contribution >= 0.6 is 8.15 Å². The van der Waals surface area contributed by atoms with Crippen LogP contribution in [0.25, 0.3) is 0 Å². The maximum absolute atomic E-state index is 10.2. The zero-order valence-corrected chi connectivity index (χ0v) is 8.29. The molecule has 5 nitrogen and oxygen atoms in total. The first-order valence-electron chi connectivity index (χ1n) is 3.79. The summed E-state index contributed by atoms with van der Waals surface area (Å²) in [6.07, 6.45) is 0.932. The Morgan fingerprint density at radius 2 is 1.54 bits per heavy atom. The summed E-state index contributed by atoms with van der Waals surface area (Å²) in [6, 6.07) is 0. The lowest BCUT2D eigenvalue weighted by molar-refractivity contribution is -0.137. The Balaban J connectivity index is 3.63. The van der Waals surface area contributed by atoms with E-state index in [9.17, 15) is 9.59 Å². The fraction of sp³-hybridized carbons (Fsp3) is 0.714. The molecule has 0 amide bonds. The van der Waals surface area contributed by atoms with Crippen molar-refractivity contribution >= 4 is 20.1 Å². The molecule has 0 spiro atoms. The van der Waals surface area contributed by atoms with Gasteiger partial charge < -0.3 is 14.7 Å². The average molecular weight is 208 g/mol. The molecule has 0 heterocycles. The van der Waals surface area contributed by atoms with E-state index in [1.807, 2.05) is 0 Å². The van der Waals surface area contributed by atoms with Crippen molar-refractivity contribution in [1.29, 1.82) is 0 Å². The van der Waals surface area contributed by atoms with Crippen molar-refractivity contribution < 1.29 is 24.3 Å². The highest BCUT2D eigenvalue weighted by Gasteiger charge is 2.11. The molecule has 0 aromatic heterocycles. The van der Waals surface area contributed by atoms with Crippen molar-refractivity contribution in [1.82, 2.24) is 0 Å². The summed E-state index contributed by atoms with van der Waals surface area (Å²) in [5.74, 6) is -1.75. The van der Waals surface area contributed by atoms with Gasteiger partial charge in [0, 0.05) is 27.6 Å². The molecule has 0 saturated heterocycles. The maximum atomic E-state index is 10.2. The van der Waals surface area contributed by atoms with Gasteiger partial charge in [0.25, 0.3) is 0 Å². The molecule has 0 atom stereocenters. The van der Waals surface area contributed by atoms with Crippen LogP contribution in [0.1, 0.15) is 12.8 Å². The maximum Gasteiger partial charge on any atom is 0.303 e. The Bertz CT molecular complexity index is 164. The van der Waals surface area contributed by atoms with Crippen molar-refractivity contribution in [2.24, 2.45) is 0 Å². The van der Waals surface area contributed by atoms with Crippen LogP contribution in [0.2, 0.25) is 0 Å². The summed E-state index contributed by atoms with van der Waals surface area (Å²) in [7, 11) is 0.596. The number of carboxylic acid groups (broad SMARTS) is 2. The van der Waals surface area contributed by atoms with Gasteiger partial charge in [0.1, 0.15) is 0 Å². The topological polar surface area (TPSA) is 83.8 Å². The van der Waals surface area contributed by atoms with Crippen LogP contribution < -0.4 is 0 Å². The summed E-state index contributed by atoms with van der Waals surface area (Å²) in [5, 5.41) is 16.7. The Morgan fingerprint density at radius 1 is 1.15 bits per heavy atom. The van der Waals surface area contributed by atoms with Gasteiger partial charge in [-0.25, -0.2) is 0 Å². The van der Waals surface area contributed by atoms with E-state index < -0.39 is 20.1 Å². The second-order valence-electron chi connectivity index (χ2n) is 2.40. The molecular formula is C7H13O5P. The first kappa shape index (κ1) is 12.3. The minimum atomic E-state index is -0.885. The molecule has 0 aromatic carbocycles. The molecule has 0 aliphatic heterocycles. The molecular weight excluding hydrogens is 195 g/mol. The molecule has 0 aliphatic carbocycles. The Morgan fingerprint density at radius 3 is 1.77 bits per heavy atom. The Kier molecular flexibility index (Phi) is 6.45. The molecule has 0 unspecified atom stereocenters. The third-order valence-electron chi connectivity index (χ3n) is 1.41. The molecule has 76 valence electrons. The van der Waals surface area contributed by atoms with Gasteiger partial charge in [0.15, 0.2) is 0 Å². The first-order valence-corrected chi connectivity index (χ1v) is 5.42. The zero-order chi connectivity index (χ0) is 10.3. The Hall–Kier alpha value is -0.670. The van der Waals surface area contributed by atoms with Crippen molar-refractivity contribution in [3.63, 3.8) is 0 Å². The van der Waals surface area contributed by atoms with Gasteiger partial charge in [-0.15, -0.1) is 0 Å². The van der Waals surface area contributed by atoms with Crippen LogP contribution in [-0.4, -0.2) is 41.6 Å². The Labute approximate surface area is 77.5 Å².